The predicted octanol–water partition coefficient (Wildman–Crippen LogP) is 2.38. The van der Waals surface area contributed by atoms with E-state index in [1.807, 2.05) is 36.3 Å². The standard InChI is InChI=1S/C16H26N2O2S/c1-16(2,14-5-3-12-21-14)15(19)18-9-6-13(7-10-18)20-11-4-8-17/h3,5,12-13H,4,6-11,17H2,1-2H3. The summed E-state index contributed by atoms with van der Waals surface area (Å²) < 4.78 is 5.79. The number of thiophene rings is 1. The van der Waals surface area contributed by atoms with Crippen LogP contribution in [0.15, 0.2) is 17.5 Å². The molecule has 1 aliphatic rings. The van der Waals surface area contributed by atoms with E-state index in [2.05, 4.69) is 0 Å². The number of likely N-dealkylation sites (tertiary alicyclic amines) is 1. The topological polar surface area (TPSA) is 55.6 Å². The van der Waals surface area contributed by atoms with Crippen LogP contribution in [0.25, 0.3) is 0 Å². The fraction of sp³-hybridized carbons (Fsp3) is 0.688. The number of piperidine rings is 1. The van der Waals surface area contributed by atoms with Crippen LogP contribution in [0.4, 0.5) is 0 Å². The molecule has 1 fully saturated rings. The van der Waals surface area contributed by atoms with Gasteiger partial charge in [-0.1, -0.05) is 6.07 Å². The number of rotatable bonds is 6. The van der Waals surface area contributed by atoms with Gasteiger partial charge in [-0.3, -0.25) is 4.79 Å². The van der Waals surface area contributed by atoms with E-state index in [1.54, 1.807) is 11.3 Å². The van der Waals surface area contributed by atoms with Crippen molar-refractivity contribution in [3.63, 3.8) is 0 Å². The highest BCUT2D eigenvalue weighted by molar-refractivity contribution is 7.10. The van der Waals surface area contributed by atoms with Crippen LogP contribution in [0.3, 0.4) is 0 Å². The third kappa shape index (κ3) is 4.05. The number of hydrogen-bond donors (Lipinski definition) is 1. The Labute approximate surface area is 131 Å². The SMILES string of the molecule is CC(C)(C(=O)N1CCC(OCCCN)CC1)c1cccs1. The van der Waals surface area contributed by atoms with Crippen molar-refractivity contribution in [3.8, 4) is 0 Å². The molecule has 21 heavy (non-hydrogen) atoms. The van der Waals surface area contributed by atoms with E-state index < -0.39 is 5.41 Å². The van der Waals surface area contributed by atoms with E-state index in [0.29, 0.717) is 6.54 Å². The van der Waals surface area contributed by atoms with Gasteiger partial charge in [0.2, 0.25) is 5.91 Å². The zero-order valence-corrected chi connectivity index (χ0v) is 13.8. The van der Waals surface area contributed by atoms with Crippen LogP contribution >= 0.6 is 11.3 Å². The Balaban J connectivity index is 1.86. The van der Waals surface area contributed by atoms with Crippen LogP contribution in [0, 0.1) is 0 Å². The molecule has 0 saturated carbocycles. The van der Waals surface area contributed by atoms with E-state index >= 15 is 0 Å². The maximum Gasteiger partial charge on any atom is 0.233 e. The summed E-state index contributed by atoms with van der Waals surface area (Å²) >= 11 is 1.65. The molecule has 1 saturated heterocycles. The number of carbonyl (C=O) groups excluding carboxylic acids is 1. The van der Waals surface area contributed by atoms with E-state index in [9.17, 15) is 4.79 Å². The van der Waals surface area contributed by atoms with Gasteiger partial charge < -0.3 is 15.4 Å². The van der Waals surface area contributed by atoms with Crippen molar-refractivity contribution in [1.29, 1.82) is 0 Å². The third-order valence-electron chi connectivity index (χ3n) is 4.10. The lowest BCUT2D eigenvalue weighted by atomic mass is 9.88. The minimum atomic E-state index is -0.429. The number of amides is 1. The number of ether oxygens (including phenoxy) is 1. The second-order valence-electron chi connectivity index (χ2n) is 6.11. The predicted molar refractivity (Wildman–Crippen MR) is 86.6 cm³/mol. The van der Waals surface area contributed by atoms with Gasteiger partial charge in [-0.25, -0.2) is 0 Å². The average Bonchev–Trinajstić information content (AvgIpc) is 3.02. The molecule has 1 amide bonds. The molecular formula is C16H26N2O2S. The first-order valence-corrected chi connectivity index (χ1v) is 8.58. The van der Waals surface area contributed by atoms with Crippen LogP contribution in [0.1, 0.15) is 38.0 Å². The highest BCUT2D eigenvalue weighted by Crippen LogP contribution is 2.30. The van der Waals surface area contributed by atoms with Gasteiger partial charge in [0.25, 0.3) is 0 Å². The molecule has 1 aromatic heterocycles. The van der Waals surface area contributed by atoms with Gasteiger partial charge in [-0.15, -0.1) is 11.3 Å². The second-order valence-corrected chi connectivity index (χ2v) is 7.05. The Kier molecular flexibility index (Phi) is 5.79. The molecule has 1 aromatic rings. The van der Waals surface area contributed by atoms with E-state index in [0.717, 1.165) is 43.8 Å². The van der Waals surface area contributed by atoms with E-state index in [-0.39, 0.29) is 12.0 Å². The van der Waals surface area contributed by atoms with Crippen molar-refractivity contribution < 1.29 is 9.53 Å². The van der Waals surface area contributed by atoms with Gasteiger partial charge in [-0.05, 0) is 51.1 Å². The lowest BCUT2D eigenvalue weighted by Gasteiger charge is -2.36. The van der Waals surface area contributed by atoms with Gasteiger partial charge in [0.15, 0.2) is 0 Å². The Morgan fingerprint density at radius 1 is 1.48 bits per heavy atom. The number of nitrogens with two attached hydrogens (primary N) is 1. The van der Waals surface area contributed by atoms with Crippen LogP contribution in [-0.2, 0) is 14.9 Å². The number of carbonyl (C=O) groups is 1. The first kappa shape index (κ1) is 16.5. The first-order valence-electron chi connectivity index (χ1n) is 7.70. The molecule has 0 atom stereocenters. The Hall–Kier alpha value is -0.910. The lowest BCUT2D eigenvalue weighted by molar-refractivity contribution is -0.138. The van der Waals surface area contributed by atoms with E-state index in [4.69, 9.17) is 10.5 Å². The summed E-state index contributed by atoms with van der Waals surface area (Å²) in [6, 6.07) is 4.05. The van der Waals surface area contributed by atoms with Crippen molar-refractivity contribution in [2.45, 2.75) is 44.6 Å². The van der Waals surface area contributed by atoms with Crippen molar-refractivity contribution in [3.05, 3.63) is 22.4 Å². The molecular weight excluding hydrogens is 284 g/mol. The molecule has 0 aliphatic carbocycles. The average molecular weight is 310 g/mol. The zero-order chi connectivity index (χ0) is 15.3. The van der Waals surface area contributed by atoms with E-state index in [1.165, 1.54) is 0 Å². The monoisotopic (exact) mass is 310 g/mol. The van der Waals surface area contributed by atoms with Gasteiger partial charge in [-0.2, -0.15) is 0 Å². The summed E-state index contributed by atoms with van der Waals surface area (Å²) in [4.78, 5) is 15.9. The Morgan fingerprint density at radius 3 is 2.76 bits per heavy atom. The highest BCUT2D eigenvalue weighted by atomic mass is 32.1. The van der Waals surface area contributed by atoms with Gasteiger partial charge in [0.05, 0.1) is 11.5 Å². The maximum atomic E-state index is 12.8. The van der Waals surface area contributed by atoms with Crippen molar-refractivity contribution >= 4 is 17.2 Å². The lowest BCUT2D eigenvalue weighted by Crippen LogP contribution is -2.48. The zero-order valence-electron chi connectivity index (χ0n) is 13.0. The van der Waals surface area contributed by atoms with Gasteiger partial charge in [0.1, 0.15) is 0 Å². The van der Waals surface area contributed by atoms with Gasteiger partial charge >= 0.3 is 0 Å². The molecule has 0 bridgehead atoms. The summed E-state index contributed by atoms with van der Waals surface area (Å²) in [7, 11) is 0. The first-order chi connectivity index (χ1) is 10.1. The van der Waals surface area contributed by atoms with Gasteiger partial charge in [0, 0.05) is 24.6 Å². The van der Waals surface area contributed by atoms with Crippen molar-refractivity contribution in [1.82, 2.24) is 4.90 Å². The van der Waals surface area contributed by atoms with Crippen molar-refractivity contribution in [2.24, 2.45) is 5.73 Å². The summed E-state index contributed by atoms with van der Waals surface area (Å²) in [6.45, 7) is 7.03. The maximum absolute atomic E-state index is 12.8. The van der Waals surface area contributed by atoms with Crippen LogP contribution < -0.4 is 5.73 Å². The largest absolute Gasteiger partial charge is 0.378 e. The summed E-state index contributed by atoms with van der Waals surface area (Å²) in [5.41, 5.74) is 5.04. The van der Waals surface area contributed by atoms with Crippen molar-refractivity contribution in [2.75, 3.05) is 26.2 Å². The fourth-order valence-electron chi connectivity index (χ4n) is 2.69. The van der Waals surface area contributed by atoms with Crippen LogP contribution in [0.2, 0.25) is 0 Å². The molecule has 0 unspecified atom stereocenters. The molecule has 2 N–H and O–H groups in total. The Morgan fingerprint density at radius 2 is 2.19 bits per heavy atom. The smallest absolute Gasteiger partial charge is 0.233 e. The second kappa shape index (κ2) is 7.38. The molecule has 2 heterocycles. The minimum Gasteiger partial charge on any atom is -0.378 e. The third-order valence-corrected chi connectivity index (χ3v) is 5.30. The fourth-order valence-corrected chi connectivity index (χ4v) is 3.54. The number of nitrogens with zero attached hydrogens (tertiary/aromatic N) is 1. The summed E-state index contributed by atoms with van der Waals surface area (Å²) in [6.07, 6.45) is 3.04. The molecule has 1 aliphatic heterocycles. The Bertz CT molecular complexity index is 437. The molecule has 4 nitrogen and oxygen atoms in total. The molecule has 0 aromatic carbocycles. The molecule has 2 rings (SSSR count). The summed E-state index contributed by atoms with van der Waals surface area (Å²) in [5.74, 6) is 0.227. The van der Waals surface area contributed by atoms with Crippen LogP contribution in [-0.4, -0.2) is 43.2 Å². The molecule has 0 radical (unpaired) electrons. The quantitative estimate of drug-likeness (QED) is 0.821. The normalized spacial score (nSPS) is 17.2. The molecule has 118 valence electrons. The van der Waals surface area contributed by atoms with Crippen LogP contribution in [0.5, 0.6) is 0 Å². The number of hydrogen-bond acceptors (Lipinski definition) is 4. The minimum absolute atomic E-state index is 0.227. The molecule has 0 spiro atoms. The molecule has 5 heteroatoms. The highest BCUT2D eigenvalue weighted by Gasteiger charge is 2.36. The summed E-state index contributed by atoms with van der Waals surface area (Å²) in [5, 5.41) is 2.03.